The Labute approximate surface area is 469 Å². The molecule has 4 saturated heterocycles. The molecule has 18 heteroatoms. The monoisotopic (exact) mass is 1110 g/mol. The standard InChI is InChI=1S/C60H93N3O14S/c1-16-47-60(10)50(53(57(67)77-60)78-28-27-63(34-41-23-25-61-26-24-41)42-21-22-45(68-13)46(30-42)73-44-19-17-18-20-44)37(4)51(64)35(2)32-59(9,70-15)55(76-48-31-43(62(11)12)29-36(3)71-48)38(5)52(39(6)56(66)74-47)75-49-33-58(8,69-14)54(65)40(7)72-49/h21-26,30,35-40,43-44,47-50,52-55,65H,16-20,27-29,31-34H2,1-15H3/t35-,36-,37?,38+,39?,40?,43+,47-,48?,49+,50+,52+,53+,54+,55-,58?,59-,60-/m1/s1. The van der Waals surface area contributed by atoms with E-state index in [1.165, 1.54) is 11.8 Å². The lowest BCUT2D eigenvalue weighted by atomic mass is 9.70. The number of aromatic nitrogens is 1. The molecule has 1 N–H and O–H groups in total. The van der Waals surface area contributed by atoms with E-state index in [0.717, 1.165) is 43.4 Å². The second-order valence-corrected chi connectivity index (χ2v) is 25.2. The van der Waals surface area contributed by atoms with E-state index in [4.69, 9.17) is 47.4 Å². The second kappa shape index (κ2) is 26.5. The molecular formula is C60H93N3O14S. The van der Waals surface area contributed by atoms with Gasteiger partial charge in [0.15, 0.2) is 29.7 Å². The number of nitrogens with zero attached hydrogens (tertiary/aromatic N) is 3. The van der Waals surface area contributed by atoms with Crippen LogP contribution in [0.4, 0.5) is 5.69 Å². The first-order valence-corrected chi connectivity index (χ1v) is 29.7. The van der Waals surface area contributed by atoms with Gasteiger partial charge in [-0.2, -0.15) is 0 Å². The van der Waals surface area contributed by atoms with Crippen LogP contribution >= 0.6 is 11.8 Å². The van der Waals surface area contributed by atoms with E-state index in [-0.39, 0.29) is 36.9 Å². The minimum Gasteiger partial charge on any atom is -0.493 e. The summed E-state index contributed by atoms with van der Waals surface area (Å²) >= 11 is 1.46. The molecule has 78 heavy (non-hydrogen) atoms. The molecule has 438 valence electrons. The topological polar surface area (TPSA) is 183 Å². The molecule has 5 unspecified atom stereocenters. The van der Waals surface area contributed by atoms with E-state index in [0.29, 0.717) is 43.2 Å². The number of esters is 2. The molecule has 5 heterocycles. The minimum atomic E-state index is -1.40. The highest BCUT2D eigenvalue weighted by Gasteiger charge is 2.62. The first-order chi connectivity index (χ1) is 37.0. The number of methoxy groups -OCH3 is 3. The number of rotatable bonds is 18. The summed E-state index contributed by atoms with van der Waals surface area (Å²) in [5.41, 5.74) is -1.59. The maximum absolute atomic E-state index is 15.4. The Morgan fingerprint density at radius 1 is 0.821 bits per heavy atom. The molecule has 2 aromatic rings. The fraction of sp³-hybridized carbons (Fsp3) is 0.767. The number of fused-ring (bicyclic) bond motifs is 1. The summed E-state index contributed by atoms with van der Waals surface area (Å²) in [7, 11) is 8.92. The molecule has 5 fully saturated rings. The number of anilines is 1. The summed E-state index contributed by atoms with van der Waals surface area (Å²) in [5, 5.41) is 10.4. The van der Waals surface area contributed by atoms with Crippen molar-refractivity contribution in [3.05, 3.63) is 48.3 Å². The number of benzene rings is 1. The Kier molecular flexibility index (Phi) is 21.1. The molecule has 0 bridgehead atoms. The van der Waals surface area contributed by atoms with Crippen LogP contribution in [0.15, 0.2) is 42.7 Å². The van der Waals surface area contributed by atoms with E-state index in [1.807, 2.05) is 85.7 Å². The Morgan fingerprint density at radius 2 is 1.51 bits per heavy atom. The van der Waals surface area contributed by atoms with Crippen LogP contribution in [-0.2, 0) is 58.8 Å². The predicted molar refractivity (Wildman–Crippen MR) is 298 cm³/mol. The van der Waals surface area contributed by atoms with Crippen molar-refractivity contribution in [2.75, 3.05) is 52.6 Å². The maximum atomic E-state index is 15.4. The first-order valence-electron chi connectivity index (χ1n) is 28.6. The fourth-order valence-corrected chi connectivity index (χ4v) is 14.8. The maximum Gasteiger partial charge on any atom is 0.320 e. The van der Waals surface area contributed by atoms with Crippen molar-refractivity contribution in [2.24, 2.45) is 29.6 Å². The molecule has 17 nitrogen and oxygen atoms in total. The van der Waals surface area contributed by atoms with Gasteiger partial charge in [-0.3, -0.25) is 19.4 Å². The van der Waals surface area contributed by atoms with Crippen molar-refractivity contribution in [3.8, 4) is 11.5 Å². The van der Waals surface area contributed by atoms with Crippen LogP contribution in [0.25, 0.3) is 0 Å². The first kappa shape index (κ1) is 62.0. The van der Waals surface area contributed by atoms with E-state index >= 15 is 9.59 Å². The third-order valence-corrected chi connectivity index (χ3v) is 19.3. The highest BCUT2D eigenvalue weighted by molar-refractivity contribution is 8.00. The Morgan fingerprint density at radius 3 is 2.15 bits per heavy atom. The highest BCUT2D eigenvalue weighted by atomic mass is 32.2. The molecule has 7 rings (SSSR count). The zero-order chi connectivity index (χ0) is 56.9. The minimum absolute atomic E-state index is 0.0752. The summed E-state index contributed by atoms with van der Waals surface area (Å²) in [6.07, 6.45) is 4.03. The molecule has 5 aliphatic rings. The molecule has 1 aliphatic carbocycles. The number of aliphatic hydroxyl groups is 1. The number of thioether (sulfide) groups is 1. The predicted octanol–water partition coefficient (Wildman–Crippen LogP) is 8.82. The van der Waals surface area contributed by atoms with Crippen molar-refractivity contribution in [3.63, 3.8) is 0 Å². The summed E-state index contributed by atoms with van der Waals surface area (Å²) in [6.45, 7) is 19.9. The number of hydrogen-bond acceptors (Lipinski definition) is 18. The number of pyridine rings is 1. The van der Waals surface area contributed by atoms with E-state index < -0.39 is 107 Å². The van der Waals surface area contributed by atoms with Crippen molar-refractivity contribution in [1.82, 2.24) is 9.88 Å². The average Bonchev–Trinajstić information content (AvgIpc) is 4.24. The molecule has 18 atom stereocenters. The van der Waals surface area contributed by atoms with Crippen LogP contribution in [0.3, 0.4) is 0 Å². The van der Waals surface area contributed by atoms with Crippen LogP contribution in [0.1, 0.15) is 133 Å². The Hall–Kier alpha value is -3.59. The molecule has 1 aromatic heterocycles. The van der Waals surface area contributed by atoms with Gasteiger partial charge in [0.25, 0.3) is 0 Å². The number of carbonyl (C=O) groups excluding carboxylic acids is 3. The number of cyclic esters (lactones) is 1. The largest absolute Gasteiger partial charge is 0.493 e. The van der Waals surface area contributed by atoms with Gasteiger partial charge in [0.1, 0.15) is 23.2 Å². The molecule has 1 aromatic carbocycles. The molecule has 1 saturated carbocycles. The van der Waals surface area contributed by atoms with Gasteiger partial charge in [0.05, 0.1) is 54.7 Å². The Balaban J connectivity index is 1.24. The van der Waals surface area contributed by atoms with Gasteiger partial charge in [0, 0.05) is 99.8 Å². The SMILES string of the molecule is CC[C@H]1OC(=O)C(C)[C@@H](O[C@H]2CC(C)(OC)[C@@H](O)C(C)O2)[C@H](C)[C@@H](OC2C[C@@H](N(C)C)C[C@@H](C)O2)[C@](C)(OC)C[C@@H](C)C(=O)C(C)[C@H]2[C@H](SCCN(Cc3ccncc3)c3ccc(OC)c(OC4CCCC4)c3)C(=O)O[C@]12C. The average molecular weight is 1110 g/mol. The molecule has 4 aliphatic heterocycles. The van der Waals surface area contributed by atoms with Crippen molar-refractivity contribution < 1.29 is 66.9 Å². The Bertz CT molecular complexity index is 2290. The van der Waals surface area contributed by atoms with Crippen molar-refractivity contribution in [2.45, 2.75) is 217 Å². The fourth-order valence-electron chi connectivity index (χ4n) is 13.3. The highest BCUT2D eigenvalue weighted by Crippen LogP contribution is 2.50. The van der Waals surface area contributed by atoms with Crippen LogP contribution in [0.2, 0.25) is 0 Å². The number of carbonyl (C=O) groups is 3. The lowest BCUT2D eigenvalue weighted by Crippen LogP contribution is -2.59. The molecular weight excluding hydrogens is 1020 g/mol. The zero-order valence-corrected chi connectivity index (χ0v) is 50.1. The van der Waals surface area contributed by atoms with Crippen LogP contribution < -0.4 is 14.4 Å². The summed E-state index contributed by atoms with van der Waals surface area (Å²) < 4.78 is 65.1. The van der Waals surface area contributed by atoms with Crippen molar-refractivity contribution in [1.29, 1.82) is 0 Å². The normalized spacial score (nSPS) is 38.3. The molecule has 0 spiro atoms. The van der Waals surface area contributed by atoms with Gasteiger partial charge in [-0.1, -0.05) is 27.7 Å². The molecule has 0 amide bonds. The van der Waals surface area contributed by atoms with E-state index in [2.05, 4.69) is 28.9 Å². The second-order valence-electron chi connectivity index (χ2n) is 23.9. The van der Waals surface area contributed by atoms with E-state index in [1.54, 1.807) is 47.6 Å². The van der Waals surface area contributed by atoms with Gasteiger partial charge in [-0.15, -0.1) is 11.8 Å². The quantitative estimate of drug-likeness (QED) is 0.140. The summed E-state index contributed by atoms with van der Waals surface area (Å²) in [4.78, 5) is 54.0. The van der Waals surface area contributed by atoms with Gasteiger partial charge < -0.3 is 62.3 Å². The van der Waals surface area contributed by atoms with Gasteiger partial charge in [-0.25, -0.2) is 0 Å². The third-order valence-electron chi connectivity index (χ3n) is 18.1. The number of ketones is 1. The van der Waals surface area contributed by atoms with Gasteiger partial charge in [0.2, 0.25) is 0 Å². The van der Waals surface area contributed by atoms with Gasteiger partial charge >= 0.3 is 11.9 Å². The van der Waals surface area contributed by atoms with Gasteiger partial charge in [-0.05, 0) is 130 Å². The zero-order valence-electron chi connectivity index (χ0n) is 49.3. The lowest BCUT2D eigenvalue weighted by Gasteiger charge is -2.49. The number of hydrogen-bond donors (Lipinski definition) is 1. The number of ether oxygens (including phenoxy) is 10. The number of aliphatic hydroxyl groups excluding tert-OH is 1. The smallest absolute Gasteiger partial charge is 0.320 e. The number of Topliss-reactive ketones (excluding diaryl/α,β-unsaturated/α-hetero) is 1. The third kappa shape index (κ3) is 13.8. The molecule has 0 radical (unpaired) electrons. The lowest BCUT2D eigenvalue weighted by molar-refractivity contribution is -0.309. The van der Waals surface area contributed by atoms with Crippen LogP contribution in [-0.4, -0.2) is 164 Å². The van der Waals surface area contributed by atoms with E-state index in [9.17, 15) is 9.90 Å². The van der Waals surface area contributed by atoms with Crippen LogP contribution in [0, 0.1) is 29.6 Å². The summed E-state index contributed by atoms with van der Waals surface area (Å²) in [6, 6.07) is 10.2. The summed E-state index contributed by atoms with van der Waals surface area (Å²) in [5.74, 6) is -2.86. The van der Waals surface area contributed by atoms with Crippen LogP contribution in [0.5, 0.6) is 11.5 Å². The van der Waals surface area contributed by atoms with Crippen molar-refractivity contribution >= 4 is 35.2 Å².